The fraction of sp³-hybridized carbons (Fsp3) is 0.562. The number of Topliss-reactive ketones (excluding diaryl/α,β-unsaturated/α-hetero) is 2. The third kappa shape index (κ3) is 4.44. The molecular weight excluding hydrogens is 254 g/mol. The molecular formula is C16H23NO3. The molecule has 0 fully saturated rings. The number of nitrogens with one attached hydrogen (secondary N) is 1. The van der Waals surface area contributed by atoms with Crippen molar-refractivity contribution in [3.8, 4) is 0 Å². The lowest BCUT2D eigenvalue weighted by Gasteiger charge is -2.26. The van der Waals surface area contributed by atoms with Crippen molar-refractivity contribution in [2.75, 3.05) is 0 Å². The summed E-state index contributed by atoms with van der Waals surface area (Å²) in [6.45, 7) is 6.86. The highest BCUT2D eigenvalue weighted by molar-refractivity contribution is 6.38. The van der Waals surface area contributed by atoms with Crippen LogP contribution in [0.15, 0.2) is 24.3 Å². The lowest BCUT2D eigenvalue weighted by Crippen LogP contribution is -2.43. The first-order valence-corrected chi connectivity index (χ1v) is 7.13. The average molecular weight is 277 g/mol. The van der Waals surface area contributed by atoms with E-state index >= 15 is 0 Å². The fourth-order valence-corrected chi connectivity index (χ4v) is 2.35. The Balaban J connectivity index is 2.52. The standard InChI is InChI=1S/C16H23NO3/c1-4-6-12-8-9-13(12)10-15(19)17-14(7-5-2)16(20)11(3)18/h4,9,12,14H,1,5-8,10H2,2-3H3,(H,17,19)/t12-,14?/m1/s1. The van der Waals surface area contributed by atoms with Gasteiger partial charge in [-0.1, -0.05) is 31.1 Å². The smallest absolute Gasteiger partial charge is 0.224 e. The van der Waals surface area contributed by atoms with Crippen LogP contribution in [0.2, 0.25) is 0 Å². The number of rotatable bonds is 9. The summed E-state index contributed by atoms with van der Waals surface area (Å²) >= 11 is 0. The van der Waals surface area contributed by atoms with Gasteiger partial charge in [0.05, 0.1) is 6.04 Å². The van der Waals surface area contributed by atoms with E-state index in [1.165, 1.54) is 6.92 Å². The monoisotopic (exact) mass is 277 g/mol. The van der Waals surface area contributed by atoms with Gasteiger partial charge in [0.1, 0.15) is 0 Å². The molecule has 1 unspecified atom stereocenters. The van der Waals surface area contributed by atoms with Crippen molar-refractivity contribution in [1.29, 1.82) is 0 Å². The molecule has 1 aliphatic rings. The van der Waals surface area contributed by atoms with Gasteiger partial charge in [-0.3, -0.25) is 14.4 Å². The molecule has 110 valence electrons. The Bertz CT molecular complexity index is 437. The van der Waals surface area contributed by atoms with Gasteiger partial charge in [0.25, 0.3) is 0 Å². The second-order valence-corrected chi connectivity index (χ2v) is 5.24. The van der Waals surface area contributed by atoms with Crippen LogP contribution in [0.3, 0.4) is 0 Å². The molecule has 1 N–H and O–H groups in total. The first-order chi connectivity index (χ1) is 9.49. The van der Waals surface area contributed by atoms with Crippen LogP contribution in [0.25, 0.3) is 0 Å². The number of amides is 1. The van der Waals surface area contributed by atoms with E-state index in [-0.39, 0.29) is 5.91 Å². The molecule has 0 aliphatic heterocycles. The minimum absolute atomic E-state index is 0.182. The number of allylic oxidation sites excluding steroid dienone is 2. The quantitative estimate of drug-likeness (QED) is 0.520. The Morgan fingerprint density at radius 3 is 2.65 bits per heavy atom. The van der Waals surface area contributed by atoms with Crippen molar-refractivity contribution in [2.45, 2.75) is 52.0 Å². The van der Waals surface area contributed by atoms with Crippen LogP contribution in [0.4, 0.5) is 0 Å². The maximum absolute atomic E-state index is 12.0. The Labute approximate surface area is 120 Å². The Kier molecular flexibility index (Phi) is 6.36. The summed E-state index contributed by atoms with van der Waals surface area (Å²) in [6, 6.07) is -0.677. The van der Waals surface area contributed by atoms with Crippen molar-refractivity contribution in [1.82, 2.24) is 5.32 Å². The maximum Gasteiger partial charge on any atom is 0.224 e. The largest absolute Gasteiger partial charge is 0.346 e. The lowest BCUT2D eigenvalue weighted by molar-refractivity contribution is -0.137. The molecule has 1 rings (SSSR count). The number of carbonyl (C=O) groups excluding carboxylic acids is 3. The van der Waals surface area contributed by atoms with Gasteiger partial charge in [0.2, 0.25) is 11.7 Å². The van der Waals surface area contributed by atoms with Gasteiger partial charge in [-0.15, -0.1) is 6.58 Å². The van der Waals surface area contributed by atoms with Crippen LogP contribution in [0, 0.1) is 5.92 Å². The summed E-state index contributed by atoms with van der Waals surface area (Å²) in [5, 5.41) is 2.68. The van der Waals surface area contributed by atoms with E-state index in [1.54, 1.807) is 0 Å². The van der Waals surface area contributed by atoms with E-state index < -0.39 is 17.6 Å². The van der Waals surface area contributed by atoms with Gasteiger partial charge >= 0.3 is 0 Å². The summed E-state index contributed by atoms with van der Waals surface area (Å²) in [5.41, 5.74) is 1.10. The summed E-state index contributed by atoms with van der Waals surface area (Å²) in [7, 11) is 0. The van der Waals surface area contributed by atoms with E-state index in [9.17, 15) is 14.4 Å². The van der Waals surface area contributed by atoms with Crippen LogP contribution < -0.4 is 5.32 Å². The molecule has 0 radical (unpaired) electrons. The summed E-state index contributed by atoms with van der Waals surface area (Å²) in [6.07, 6.45) is 7.32. The Morgan fingerprint density at radius 2 is 2.20 bits per heavy atom. The topological polar surface area (TPSA) is 63.2 Å². The van der Waals surface area contributed by atoms with E-state index in [0.29, 0.717) is 18.8 Å². The van der Waals surface area contributed by atoms with Crippen LogP contribution in [-0.2, 0) is 14.4 Å². The average Bonchev–Trinajstić information content (AvgIpc) is 2.39. The van der Waals surface area contributed by atoms with Crippen LogP contribution in [0.1, 0.15) is 46.0 Å². The molecule has 0 aromatic carbocycles. The van der Waals surface area contributed by atoms with E-state index in [1.807, 2.05) is 13.0 Å². The minimum atomic E-state index is -0.677. The van der Waals surface area contributed by atoms with Crippen LogP contribution >= 0.6 is 0 Å². The molecule has 4 nitrogen and oxygen atoms in total. The molecule has 0 aromatic rings. The van der Waals surface area contributed by atoms with Crippen LogP contribution in [-0.4, -0.2) is 23.5 Å². The molecule has 4 heteroatoms. The van der Waals surface area contributed by atoms with Gasteiger partial charge < -0.3 is 5.32 Å². The normalized spacial score (nSPS) is 18.5. The fourth-order valence-electron chi connectivity index (χ4n) is 2.35. The molecule has 0 saturated carbocycles. The number of hydrogen-bond acceptors (Lipinski definition) is 3. The lowest BCUT2D eigenvalue weighted by atomic mass is 9.80. The van der Waals surface area contributed by atoms with Crippen molar-refractivity contribution in [3.05, 3.63) is 24.3 Å². The number of carbonyl (C=O) groups is 3. The van der Waals surface area contributed by atoms with E-state index in [0.717, 1.165) is 24.8 Å². The highest BCUT2D eigenvalue weighted by Crippen LogP contribution is 2.32. The van der Waals surface area contributed by atoms with Crippen LogP contribution in [0.5, 0.6) is 0 Å². The summed E-state index contributed by atoms with van der Waals surface area (Å²) < 4.78 is 0. The highest BCUT2D eigenvalue weighted by Gasteiger charge is 2.26. The molecule has 0 aromatic heterocycles. The molecule has 20 heavy (non-hydrogen) atoms. The van der Waals surface area contributed by atoms with Crippen molar-refractivity contribution in [2.24, 2.45) is 5.92 Å². The minimum Gasteiger partial charge on any atom is -0.346 e. The highest BCUT2D eigenvalue weighted by atomic mass is 16.2. The number of ketones is 2. The van der Waals surface area contributed by atoms with Crippen molar-refractivity contribution in [3.63, 3.8) is 0 Å². The first-order valence-electron chi connectivity index (χ1n) is 7.13. The Morgan fingerprint density at radius 1 is 1.50 bits per heavy atom. The second-order valence-electron chi connectivity index (χ2n) is 5.24. The SMILES string of the molecule is C=CC[C@@H]1CC=C1CC(=O)NC(CCC)C(=O)C(C)=O. The van der Waals surface area contributed by atoms with Crippen molar-refractivity contribution >= 4 is 17.5 Å². The molecule has 0 bridgehead atoms. The number of hydrogen-bond donors (Lipinski definition) is 1. The molecule has 0 spiro atoms. The predicted molar refractivity (Wildman–Crippen MR) is 78.1 cm³/mol. The third-order valence-corrected chi connectivity index (χ3v) is 3.58. The van der Waals surface area contributed by atoms with Gasteiger partial charge in [0, 0.05) is 13.3 Å². The molecule has 0 heterocycles. The van der Waals surface area contributed by atoms with Gasteiger partial charge in [-0.05, 0) is 25.2 Å². The van der Waals surface area contributed by atoms with Crippen molar-refractivity contribution < 1.29 is 14.4 Å². The van der Waals surface area contributed by atoms with Gasteiger partial charge in [-0.2, -0.15) is 0 Å². The van der Waals surface area contributed by atoms with E-state index in [2.05, 4.69) is 18.0 Å². The molecule has 1 amide bonds. The third-order valence-electron chi connectivity index (χ3n) is 3.58. The van der Waals surface area contributed by atoms with E-state index in [4.69, 9.17) is 0 Å². The molecule has 2 atom stereocenters. The van der Waals surface area contributed by atoms with Gasteiger partial charge in [0.15, 0.2) is 5.78 Å². The Hall–Kier alpha value is -1.71. The molecule has 0 saturated heterocycles. The van der Waals surface area contributed by atoms with Gasteiger partial charge in [-0.25, -0.2) is 0 Å². The zero-order valence-electron chi connectivity index (χ0n) is 12.3. The zero-order chi connectivity index (χ0) is 15.1. The molecule has 1 aliphatic carbocycles. The zero-order valence-corrected chi connectivity index (χ0v) is 12.3. The summed E-state index contributed by atoms with van der Waals surface area (Å²) in [5.74, 6) is -0.786. The predicted octanol–water partition coefficient (Wildman–Crippen LogP) is 2.34. The summed E-state index contributed by atoms with van der Waals surface area (Å²) in [4.78, 5) is 34.8. The maximum atomic E-state index is 12.0. The first kappa shape index (κ1) is 16.3. The second kappa shape index (κ2) is 7.78.